The van der Waals surface area contributed by atoms with Crippen LogP contribution in [0, 0.1) is 0 Å². The number of carbonyl (C=O) groups excluding carboxylic acids is 2. The molecule has 2 amide bonds. The Bertz CT molecular complexity index is 1250. The maximum absolute atomic E-state index is 12.1. The zero-order chi connectivity index (χ0) is 23.1. The molecule has 3 rings (SSSR count). The first kappa shape index (κ1) is 22.7. The molecule has 0 unspecified atom stereocenters. The lowest BCUT2D eigenvalue weighted by atomic mass is 10.1. The Hall–Kier alpha value is -3.95. The van der Waals surface area contributed by atoms with E-state index in [9.17, 15) is 18.0 Å². The highest BCUT2D eigenvalue weighted by molar-refractivity contribution is 7.89. The molecule has 0 saturated carbocycles. The average Bonchev–Trinajstić information content (AvgIpc) is 2.78. The van der Waals surface area contributed by atoms with Crippen LogP contribution < -0.4 is 20.5 Å². The maximum Gasteiger partial charge on any atom is 0.248 e. The zero-order valence-corrected chi connectivity index (χ0v) is 17.9. The van der Waals surface area contributed by atoms with Crippen LogP contribution in [-0.2, 0) is 19.6 Å². The summed E-state index contributed by atoms with van der Waals surface area (Å²) < 4.78 is 28.6. The molecule has 3 aromatic rings. The highest BCUT2D eigenvalue weighted by Crippen LogP contribution is 2.27. The van der Waals surface area contributed by atoms with E-state index in [1.165, 1.54) is 6.07 Å². The Morgan fingerprint density at radius 2 is 1.31 bits per heavy atom. The molecule has 8 nitrogen and oxygen atoms in total. The summed E-state index contributed by atoms with van der Waals surface area (Å²) >= 11 is 0. The molecule has 0 aliphatic carbocycles. The molecule has 164 valence electrons. The van der Waals surface area contributed by atoms with E-state index in [0.29, 0.717) is 28.3 Å². The SMILES string of the molecule is COc1ccc(NC(=O)/C=C\C(=O)Nc2ccc(-c3ccccc3S(N)(=O)=O)cc2)cc1. The number of methoxy groups -OCH3 is 1. The normalized spacial score (nSPS) is 11.2. The lowest BCUT2D eigenvalue weighted by Gasteiger charge is -2.09. The molecule has 0 saturated heterocycles. The summed E-state index contributed by atoms with van der Waals surface area (Å²) in [6.45, 7) is 0. The first-order chi connectivity index (χ1) is 15.3. The molecule has 0 atom stereocenters. The van der Waals surface area contributed by atoms with Gasteiger partial charge in [-0.3, -0.25) is 9.59 Å². The molecule has 0 aromatic heterocycles. The molecular formula is C23H21N3O5S. The van der Waals surface area contributed by atoms with E-state index in [-0.39, 0.29) is 4.90 Å². The molecule has 0 bridgehead atoms. The van der Waals surface area contributed by atoms with Gasteiger partial charge in [-0.2, -0.15) is 0 Å². The van der Waals surface area contributed by atoms with Crippen molar-refractivity contribution in [1.29, 1.82) is 0 Å². The smallest absolute Gasteiger partial charge is 0.248 e. The second-order valence-corrected chi connectivity index (χ2v) is 8.19. The Balaban J connectivity index is 1.62. The number of benzene rings is 3. The quantitative estimate of drug-likeness (QED) is 0.476. The largest absolute Gasteiger partial charge is 0.497 e. The van der Waals surface area contributed by atoms with Crippen molar-refractivity contribution in [1.82, 2.24) is 0 Å². The Kier molecular flexibility index (Phi) is 7.04. The van der Waals surface area contributed by atoms with E-state index in [1.807, 2.05) is 0 Å². The fourth-order valence-electron chi connectivity index (χ4n) is 2.88. The van der Waals surface area contributed by atoms with Crippen LogP contribution in [0.3, 0.4) is 0 Å². The van der Waals surface area contributed by atoms with Gasteiger partial charge in [0.25, 0.3) is 0 Å². The van der Waals surface area contributed by atoms with Gasteiger partial charge in [-0.05, 0) is 48.0 Å². The van der Waals surface area contributed by atoms with Gasteiger partial charge in [0, 0.05) is 29.1 Å². The van der Waals surface area contributed by atoms with Crippen molar-refractivity contribution >= 4 is 33.2 Å². The topological polar surface area (TPSA) is 128 Å². The molecule has 3 aromatic carbocycles. The minimum absolute atomic E-state index is 0.0163. The van der Waals surface area contributed by atoms with Crippen molar-refractivity contribution in [3.05, 3.63) is 84.9 Å². The third-order valence-corrected chi connectivity index (χ3v) is 5.37. The van der Waals surface area contributed by atoms with Crippen molar-refractivity contribution in [3.8, 4) is 16.9 Å². The number of primary sulfonamides is 1. The summed E-state index contributed by atoms with van der Waals surface area (Å²) in [5, 5.41) is 10.5. The van der Waals surface area contributed by atoms with Gasteiger partial charge in [-0.15, -0.1) is 0 Å². The number of nitrogens with one attached hydrogen (secondary N) is 2. The maximum atomic E-state index is 12.1. The summed E-state index contributed by atoms with van der Waals surface area (Å²) in [5.41, 5.74) is 2.13. The Labute approximate surface area is 185 Å². The third-order valence-electron chi connectivity index (χ3n) is 4.40. The van der Waals surface area contributed by atoms with Crippen molar-refractivity contribution < 1.29 is 22.7 Å². The van der Waals surface area contributed by atoms with Crippen LogP contribution in [0.15, 0.2) is 89.8 Å². The summed E-state index contributed by atoms with van der Waals surface area (Å²) in [5.74, 6) is -0.287. The molecule has 9 heteroatoms. The van der Waals surface area contributed by atoms with E-state index in [2.05, 4.69) is 10.6 Å². The number of hydrogen-bond donors (Lipinski definition) is 3. The van der Waals surface area contributed by atoms with Crippen LogP contribution in [-0.4, -0.2) is 27.3 Å². The lowest BCUT2D eigenvalue weighted by molar-refractivity contribution is -0.114. The van der Waals surface area contributed by atoms with Gasteiger partial charge in [0.05, 0.1) is 12.0 Å². The van der Waals surface area contributed by atoms with Gasteiger partial charge in [0.1, 0.15) is 5.75 Å². The monoisotopic (exact) mass is 451 g/mol. The number of ether oxygens (including phenoxy) is 1. The minimum atomic E-state index is -3.88. The first-order valence-electron chi connectivity index (χ1n) is 9.42. The first-order valence-corrected chi connectivity index (χ1v) is 11.0. The van der Waals surface area contributed by atoms with E-state index in [1.54, 1.807) is 73.8 Å². The number of nitrogens with two attached hydrogens (primary N) is 1. The zero-order valence-electron chi connectivity index (χ0n) is 17.1. The number of anilines is 2. The third kappa shape index (κ3) is 6.03. The van der Waals surface area contributed by atoms with Crippen LogP contribution in [0.1, 0.15) is 0 Å². The van der Waals surface area contributed by atoms with E-state index in [0.717, 1.165) is 12.2 Å². The van der Waals surface area contributed by atoms with E-state index >= 15 is 0 Å². The van der Waals surface area contributed by atoms with Crippen molar-refractivity contribution in [2.45, 2.75) is 4.90 Å². The Morgan fingerprint density at radius 3 is 1.81 bits per heavy atom. The van der Waals surface area contributed by atoms with Crippen LogP contribution in [0.2, 0.25) is 0 Å². The number of hydrogen-bond acceptors (Lipinski definition) is 5. The minimum Gasteiger partial charge on any atom is -0.497 e. The van der Waals surface area contributed by atoms with Crippen molar-refractivity contribution in [2.24, 2.45) is 5.14 Å². The summed E-state index contributed by atoms with van der Waals surface area (Å²) in [4.78, 5) is 24.1. The summed E-state index contributed by atoms with van der Waals surface area (Å²) in [6, 6.07) is 19.7. The van der Waals surface area contributed by atoms with Gasteiger partial charge in [-0.1, -0.05) is 30.3 Å². The summed E-state index contributed by atoms with van der Waals surface area (Å²) in [7, 11) is -2.33. The van der Waals surface area contributed by atoms with Crippen molar-refractivity contribution in [2.75, 3.05) is 17.7 Å². The second kappa shape index (κ2) is 9.90. The molecule has 0 fully saturated rings. The van der Waals surface area contributed by atoms with Crippen LogP contribution in [0.25, 0.3) is 11.1 Å². The molecule has 0 radical (unpaired) electrons. The Morgan fingerprint density at radius 1 is 0.812 bits per heavy atom. The fourth-order valence-corrected chi connectivity index (χ4v) is 3.64. The fraction of sp³-hybridized carbons (Fsp3) is 0.0435. The predicted molar refractivity (Wildman–Crippen MR) is 123 cm³/mol. The van der Waals surface area contributed by atoms with Crippen LogP contribution in [0.5, 0.6) is 5.75 Å². The van der Waals surface area contributed by atoms with E-state index in [4.69, 9.17) is 9.88 Å². The summed E-state index contributed by atoms with van der Waals surface area (Å²) in [6.07, 6.45) is 2.24. The molecule has 0 heterocycles. The van der Waals surface area contributed by atoms with Gasteiger partial charge in [0.2, 0.25) is 21.8 Å². The number of carbonyl (C=O) groups is 2. The van der Waals surface area contributed by atoms with E-state index < -0.39 is 21.8 Å². The highest BCUT2D eigenvalue weighted by atomic mass is 32.2. The molecule has 0 aliphatic rings. The van der Waals surface area contributed by atoms with Crippen molar-refractivity contribution in [3.63, 3.8) is 0 Å². The van der Waals surface area contributed by atoms with Crippen LogP contribution >= 0.6 is 0 Å². The number of rotatable bonds is 7. The average molecular weight is 452 g/mol. The molecule has 0 aliphatic heterocycles. The highest BCUT2D eigenvalue weighted by Gasteiger charge is 2.14. The van der Waals surface area contributed by atoms with Gasteiger partial charge >= 0.3 is 0 Å². The van der Waals surface area contributed by atoms with Gasteiger partial charge < -0.3 is 15.4 Å². The number of sulfonamides is 1. The van der Waals surface area contributed by atoms with Gasteiger partial charge in [0.15, 0.2) is 0 Å². The second-order valence-electron chi connectivity index (χ2n) is 6.66. The standard InChI is InChI=1S/C23H21N3O5S/c1-31-19-12-10-18(11-13-19)26-23(28)15-14-22(27)25-17-8-6-16(7-9-17)20-4-2-3-5-21(20)32(24,29)30/h2-15H,1H3,(H,25,27)(H,26,28)(H2,24,29,30)/b15-14-. The van der Waals surface area contributed by atoms with Crippen LogP contribution in [0.4, 0.5) is 11.4 Å². The molecule has 4 N–H and O–H groups in total. The predicted octanol–water partition coefficient (Wildman–Crippen LogP) is 3.14. The molecule has 32 heavy (non-hydrogen) atoms. The van der Waals surface area contributed by atoms with Gasteiger partial charge in [-0.25, -0.2) is 13.6 Å². The molecule has 0 spiro atoms. The number of amides is 2. The molecular weight excluding hydrogens is 430 g/mol. The lowest BCUT2D eigenvalue weighted by Crippen LogP contribution is -2.13.